The van der Waals surface area contributed by atoms with E-state index < -0.39 is 27.4 Å². The number of hydrogen-bond donors (Lipinski definition) is 1. The van der Waals surface area contributed by atoms with Crippen molar-refractivity contribution in [2.45, 2.75) is 18.1 Å². The number of rotatable bonds is 5. The van der Waals surface area contributed by atoms with E-state index in [2.05, 4.69) is 8.92 Å². The lowest BCUT2D eigenvalue weighted by atomic mass is 10.3. The van der Waals surface area contributed by atoms with Gasteiger partial charge in [0.15, 0.2) is 0 Å². The van der Waals surface area contributed by atoms with Gasteiger partial charge >= 0.3 is 6.09 Å². The van der Waals surface area contributed by atoms with E-state index in [1.165, 1.54) is 0 Å². The van der Waals surface area contributed by atoms with Crippen molar-refractivity contribution in [3.8, 4) is 0 Å². The molecule has 1 aromatic rings. The Hall–Kier alpha value is -2.20. The monoisotopic (exact) mass is 290 g/mol. The van der Waals surface area contributed by atoms with E-state index in [-0.39, 0.29) is 10.6 Å². The molecule has 1 rings (SSSR count). The molecule has 0 aliphatic heterocycles. The summed E-state index contributed by atoms with van der Waals surface area (Å²) < 4.78 is 32.2. The molecule has 0 fully saturated rings. The summed E-state index contributed by atoms with van der Waals surface area (Å²) in [6.45, 7) is 1.16. The number of carbonyl (C=O) groups excluding carboxylic acids is 1. The smallest absolute Gasteiger partial charge is 0.406 e. The second kappa shape index (κ2) is 5.63. The predicted octanol–water partition coefficient (Wildman–Crippen LogP) is 0.741. The maximum Gasteiger partial charge on any atom is 0.406 e. The van der Waals surface area contributed by atoms with Crippen LogP contribution in [0.1, 0.15) is 6.92 Å². The van der Waals surface area contributed by atoms with Crippen molar-refractivity contribution < 1.29 is 27.1 Å². The molecule has 1 amide bonds. The molecule has 0 saturated heterocycles. The maximum atomic E-state index is 11.7. The number of nitrogens with two attached hydrogens (primary N) is 1. The molecule has 0 radical (unpaired) electrons. The van der Waals surface area contributed by atoms with Gasteiger partial charge in [-0.3, -0.25) is 10.1 Å². The number of non-ortho nitro benzene ring substituents is 1. The highest BCUT2D eigenvalue weighted by atomic mass is 32.2. The zero-order chi connectivity index (χ0) is 14.6. The highest BCUT2D eigenvalue weighted by molar-refractivity contribution is 7.86. The van der Waals surface area contributed by atoms with Gasteiger partial charge in [-0.25, -0.2) is 8.98 Å². The van der Waals surface area contributed by atoms with Gasteiger partial charge < -0.3 is 10.5 Å². The standard InChI is InChI=1S/C9H10N2O7S/c1-6(17-9(10)12)18-19(15,16)8-4-2-7(3-5-8)11(13)14/h2-6H,1H3,(H2,10,12). The van der Waals surface area contributed by atoms with Gasteiger partial charge in [-0.15, -0.1) is 0 Å². The van der Waals surface area contributed by atoms with E-state index in [0.29, 0.717) is 0 Å². The number of primary amides is 1. The molecular formula is C9H10N2O7S. The highest BCUT2D eigenvalue weighted by Crippen LogP contribution is 2.18. The lowest BCUT2D eigenvalue weighted by Crippen LogP contribution is -2.25. The average Bonchev–Trinajstić information content (AvgIpc) is 2.27. The Balaban J connectivity index is 2.88. The molecule has 0 bridgehead atoms. The first kappa shape index (κ1) is 14.9. The quantitative estimate of drug-likeness (QED) is 0.365. The lowest BCUT2D eigenvalue weighted by Gasteiger charge is -2.12. The van der Waals surface area contributed by atoms with E-state index in [1.807, 2.05) is 0 Å². The van der Waals surface area contributed by atoms with E-state index >= 15 is 0 Å². The fraction of sp³-hybridized carbons (Fsp3) is 0.222. The van der Waals surface area contributed by atoms with Crippen LogP contribution in [0.4, 0.5) is 10.5 Å². The minimum Gasteiger partial charge on any atom is -0.419 e. The van der Waals surface area contributed by atoms with Crippen LogP contribution in [0.2, 0.25) is 0 Å². The first-order chi connectivity index (χ1) is 8.72. The van der Waals surface area contributed by atoms with Crippen LogP contribution in [-0.4, -0.2) is 25.7 Å². The SMILES string of the molecule is CC(OC(N)=O)OS(=O)(=O)c1ccc([N+](=O)[O-])cc1. The molecule has 2 N–H and O–H groups in total. The molecule has 1 unspecified atom stereocenters. The van der Waals surface area contributed by atoms with Crippen LogP contribution >= 0.6 is 0 Å². The van der Waals surface area contributed by atoms with Gasteiger partial charge in [-0.1, -0.05) is 0 Å². The Kier molecular flexibility index (Phi) is 4.40. The Morgan fingerprint density at radius 2 is 1.89 bits per heavy atom. The van der Waals surface area contributed by atoms with Gasteiger partial charge in [0, 0.05) is 12.1 Å². The number of nitro benzene ring substituents is 1. The van der Waals surface area contributed by atoms with Crippen molar-refractivity contribution in [3.05, 3.63) is 34.4 Å². The van der Waals surface area contributed by atoms with Gasteiger partial charge in [0.05, 0.1) is 9.82 Å². The molecule has 0 aromatic heterocycles. The van der Waals surface area contributed by atoms with Crippen molar-refractivity contribution in [2.75, 3.05) is 0 Å². The first-order valence-corrected chi connectivity index (χ1v) is 6.27. The van der Waals surface area contributed by atoms with E-state index in [9.17, 15) is 23.3 Å². The summed E-state index contributed by atoms with van der Waals surface area (Å²) in [6.07, 6.45) is -2.59. The van der Waals surface area contributed by atoms with Crippen LogP contribution < -0.4 is 5.73 Å². The van der Waals surface area contributed by atoms with Crippen molar-refractivity contribution in [3.63, 3.8) is 0 Å². The van der Waals surface area contributed by atoms with Gasteiger partial charge in [-0.2, -0.15) is 8.42 Å². The van der Waals surface area contributed by atoms with Crippen LogP contribution in [0.3, 0.4) is 0 Å². The summed E-state index contributed by atoms with van der Waals surface area (Å²) in [5, 5.41) is 10.4. The Bertz CT molecular complexity index is 581. The number of carbonyl (C=O) groups is 1. The summed E-state index contributed by atoms with van der Waals surface area (Å²) >= 11 is 0. The Morgan fingerprint density at radius 3 is 2.32 bits per heavy atom. The minimum absolute atomic E-state index is 0.264. The van der Waals surface area contributed by atoms with Crippen LogP contribution in [0, 0.1) is 10.1 Å². The van der Waals surface area contributed by atoms with Crippen LogP contribution in [0.5, 0.6) is 0 Å². The van der Waals surface area contributed by atoms with Crippen molar-refractivity contribution in [1.29, 1.82) is 0 Å². The summed E-state index contributed by atoms with van der Waals surface area (Å²) in [4.78, 5) is 19.8. The topological polar surface area (TPSA) is 139 Å². The molecule has 19 heavy (non-hydrogen) atoms. The summed E-state index contributed by atoms with van der Waals surface area (Å²) in [6, 6.07) is 4.03. The van der Waals surface area contributed by atoms with Gasteiger partial charge in [0.2, 0.25) is 6.29 Å². The number of hydrogen-bond acceptors (Lipinski definition) is 7. The number of nitrogens with zero attached hydrogens (tertiary/aromatic N) is 1. The highest BCUT2D eigenvalue weighted by Gasteiger charge is 2.21. The summed E-state index contributed by atoms with van der Waals surface area (Å²) in [5.41, 5.74) is 4.43. The molecule has 10 heteroatoms. The van der Waals surface area contributed by atoms with Crippen LogP contribution in [-0.2, 0) is 19.0 Å². The second-order valence-electron chi connectivity index (χ2n) is 3.31. The van der Waals surface area contributed by atoms with Gasteiger partial charge in [0.1, 0.15) is 0 Å². The van der Waals surface area contributed by atoms with Gasteiger partial charge in [-0.05, 0) is 19.1 Å². The zero-order valence-corrected chi connectivity index (χ0v) is 10.5. The normalized spacial score (nSPS) is 12.7. The number of nitro groups is 1. The van der Waals surface area contributed by atoms with Crippen LogP contribution in [0.15, 0.2) is 29.2 Å². The molecule has 0 heterocycles. The predicted molar refractivity (Wildman–Crippen MR) is 61.5 cm³/mol. The number of benzene rings is 1. The molecule has 1 atom stereocenters. The molecule has 0 spiro atoms. The third-order valence-electron chi connectivity index (χ3n) is 1.88. The first-order valence-electron chi connectivity index (χ1n) is 4.86. The number of ether oxygens (including phenoxy) is 1. The summed E-state index contributed by atoms with van der Waals surface area (Å²) in [5.74, 6) is 0. The fourth-order valence-corrected chi connectivity index (χ4v) is 2.13. The molecule has 104 valence electrons. The minimum atomic E-state index is -4.20. The third-order valence-corrected chi connectivity index (χ3v) is 3.25. The van der Waals surface area contributed by atoms with E-state index in [0.717, 1.165) is 31.2 Å². The van der Waals surface area contributed by atoms with Gasteiger partial charge in [0.25, 0.3) is 15.8 Å². The average molecular weight is 290 g/mol. The molecule has 0 saturated carbocycles. The fourth-order valence-electron chi connectivity index (χ4n) is 1.15. The third kappa shape index (κ3) is 4.19. The summed E-state index contributed by atoms with van der Waals surface area (Å²) in [7, 11) is -4.20. The Labute approximate surface area is 108 Å². The molecule has 0 aliphatic carbocycles. The Morgan fingerprint density at radius 1 is 1.37 bits per heavy atom. The maximum absolute atomic E-state index is 11.7. The van der Waals surface area contributed by atoms with Crippen molar-refractivity contribution in [1.82, 2.24) is 0 Å². The number of amides is 1. The molecular weight excluding hydrogens is 280 g/mol. The van der Waals surface area contributed by atoms with Crippen LogP contribution in [0.25, 0.3) is 0 Å². The van der Waals surface area contributed by atoms with Crippen molar-refractivity contribution in [2.24, 2.45) is 5.73 Å². The van der Waals surface area contributed by atoms with E-state index in [1.54, 1.807) is 0 Å². The molecule has 0 aliphatic rings. The molecule has 1 aromatic carbocycles. The molecule has 9 nitrogen and oxygen atoms in total. The lowest BCUT2D eigenvalue weighted by molar-refractivity contribution is -0.384. The zero-order valence-electron chi connectivity index (χ0n) is 9.68. The van der Waals surface area contributed by atoms with Crippen molar-refractivity contribution >= 4 is 21.9 Å². The second-order valence-corrected chi connectivity index (χ2v) is 4.88. The van der Waals surface area contributed by atoms with E-state index in [4.69, 9.17) is 5.73 Å². The largest absolute Gasteiger partial charge is 0.419 e.